The van der Waals surface area contributed by atoms with Crippen LogP contribution in [0.3, 0.4) is 0 Å². The van der Waals surface area contributed by atoms with Crippen LogP contribution in [0.25, 0.3) is 0 Å². The van der Waals surface area contributed by atoms with Crippen molar-refractivity contribution in [3.63, 3.8) is 0 Å². The summed E-state index contributed by atoms with van der Waals surface area (Å²) in [5.74, 6) is 0. The van der Waals surface area contributed by atoms with Crippen LogP contribution >= 0.6 is 0 Å². The zero-order valence-electron chi connectivity index (χ0n) is 56.5. The summed E-state index contributed by atoms with van der Waals surface area (Å²) in [4.78, 5) is 8.81. The van der Waals surface area contributed by atoms with Crippen LogP contribution in [0, 0.1) is 0 Å². The predicted molar refractivity (Wildman–Crippen MR) is 358 cm³/mol. The summed E-state index contributed by atoms with van der Waals surface area (Å²) in [5.41, 5.74) is 0. The monoisotopic (exact) mass is 1360 g/mol. The van der Waals surface area contributed by atoms with Crippen molar-refractivity contribution in [3.8, 4) is 0 Å². The Bertz CT molecular complexity index is 1410. The summed E-state index contributed by atoms with van der Waals surface area (Å²) < 4.78 is 77.5. The van der Waals surface area contributed by atoms with Crippen LogP contribution in [0.5, 0.6) is 0 Å². The summed E-state index contributed by atoms with van der Waals surface area (Å²) in [6.07, 6.45) is 10.5. The molecule has 0 amide bonds. The lowest BCUT2D eigenvalue weighted by molar-refractivity contribution is -0.241. The van der Waals surface area contributed by atoms with Gasteiger partial charge in [0.15, 0.2) is 0 Å². The Kier molecular flexibility index (Phi) is 65.2. The Balaban J connectivity index is 5.71. The molecule has 0 spiro atoms. The van der Waals surface area contributed by atoms with Gasteiger partial charge in [0.1, 0.15) is 12.2 Å². The van der Waals surface area contributed by atoms with Gasteiger partial charge in [0.25, 0.3) is 0 Å². The highest BCUT2D eigenvalue weighted by Gasteiger charge is 2.30. The second-order valence-corrected chi connectivity index (χ2v) is 45.6. The predicted octanol–water partition coefficient (Wildman–Crippen LogP) is 7.87. The minimum atomic E-state index is -1.70. The van der Waals surface area contributed by atoms with Crippen LogP contribution in [-0.4, -0.2) is 297 Å². The van der Waals surface area contributed by atoms with Crippen molar-refractivity contribution in [2.24, 2.45) is 0 Å². The maximum Gasteiger partial charge on any atom is 0.104 e. The molecular formula is C62H134O23Si4. The molecular weight excluding hydrogens is 1230 g/mol. The van der Waals surface area contributed by atoms with E-state index >= 15 is 0 Å². The molecule has 0 aliphatic heterocycles. The van der Waals surface area contributed by atoms with E-state index in [1.54, 1.807) is 0 Å². The van der Waals surface area contributed by atoms with Crippen molar-refractivity contribution >= 4 is 32.3 Å². The quantitative estimate of drug-likeness (QED) is 0.0124. The molecule has 0 aromatic heterocycles. The molecule has 0 fully saturated rings. The largest absolute Gasteiger partial charge is 0.394 e. The van der Waals surface area contributed by atoms with Gasteiger partial charge < -0.3 is 92.2 Å². The smallest absolute Gasteiger partial charge is 0.104 e. The molecule has 0 saturated carbocycles. The Labute approximate surface area is 541 Å². The van der Waals surface area contributed by atoms with E-state index in [1.165, 1.54) is 0 Å². The summed E-state index contributed by atoms with van der Waals surface area (Å²) >= 11 is 0. The van der Waals surface area contributed by atoms with Gasteiger partial charge in [-0.2, -0.15) is 0 Å². The van der Waals surface area contributed by atoms with Gasteiger partial charge in [-0.25, -0.2) is 9.78 Å². The first-order valence-corrected chi connectivity index (χ1v) is 46.6. The molecule has 27 heteroatoms. The van der Waals surface area contributed by atoms with Crippen LogP contribution in [0.2, 0.25) is 98.7 Å². The Morgan fingerprint density at radius 1 is 0.213 bits per heavy atom. The van der Waals surface area contributed by atoms with E-state index in [9.17, 15) is 10.2 Å². The minimum absolute atomic E-state index is 0.0138. The van der Waals surface area contributed by atoms with Crippen molar-refractivity contribution in [1.29, 1.82) is 0 Å². The fourth-order valence-corrected chi connectivity index (χ4v) is 26.4. The van der Waals surface area contributed by atoms with E-state index in [-0.39, 0.29) is 51.8 Å². The van der Waals surface area contributed by atoms with Crippen molar-refractivity contribution in [2.75, 3.05) is 211 Å². The van der Waals surface area contributed by atoms with Crippen molar-refractivity contribution in [3.05, 3.63) is 0 Å². The maximum atomic E-state index is 9.19. The Hall–Kier alpha value is -0.0525. The molecule has 4 unspecified atom stereocenters. The molecule has 0 aliphatic rings. The van der Waals surface area contributed by atoms with Gasteiger partial charge >= 0.3 is 0 Å². The van der Waals surface area contributed by atoms with E-state index in [0.29, 0.717) is 172 Å². The second-order valence-electron chi connectivity index (χ2n) is 25.1. The summed E-state index contributed by atoms with van der Waals surface area (Å²) in [5, 5.41) is 72.9. The third kappa shape index (κ3) is 57.9. The number of hydrogen-bond acceptors (Lipinski definition) is 23. The molecule has 0 aromatic rings. The van der Waals surface area contributed by atoms with Gasteiger partial charge in [-0.3, -0.25) is 10.5 Å². The van der Waals surface area contributed by atoms with Crippen LogP contribution in [0.4, 0.5) is 0 Å². The van der Waals surface area contributed by atoms with Crippen LogP contribution in [-0.2, 0) is 71.4 Å². The normalized spacial score (nSPS) is 14.4. The Morgan fingerprint density at radius 3 is 0.596 bits per heavy atom. The molecule has 89 heavy (non-hydrogen) atoms. The van der Waals surface area contributed by atoms with Gasteiger partial charge in [-0.15, -0.1) is 0 Å². The van der Waals surface area contributed by atoms with Crippen molar-refractivity contribution in [2.45, 2.75) is 188 Å². The molecule has 0 bridgehead atoms. The fourth-order valence-electron chi connectivity index (χ4n) is 11.4. The first-order chi connectivity index (χ1) is 43.3. The number of aliphatic hydroxyl groups is 6. The van der Waals surface area contributed by atoms with E-state index in [4.69, 9.17) is 92.5 Å². The molecule has 0 radical (unpaired) electrons. The number of rotatable bonds is 76. The molecule has 536 valence electrons. The lowest BCUT2D eigenvalue weighted by Gasteiger charge is -2.28. The van der Waals surface area contributed by atoms with Crippen LogP contribution in [0.15, 0.2) is 0 Å². The highest BCUT2D eigenvalue weighted by molar-refractivity contribution is 6.79. The third-order valence-electron chi connectivity index (χ3n) is 16.5. The average Bonchev–Trinajstić information content (AvgIpc) is 3.66. The topological polar surface area (TPSA) is 300 Å². The molecule has 0 rings (SSSR count). The fraction of sp³-hybridized carbons (Fsp3) is 1.00. The average molecular weight is 1360 g/mol. The lowest BCUT2D eigenvalue weighted by Crippen LogP contribution is -2.32. The SMILES string of the molecule is C[Si](CCCOO)(CCCOCCO)CCCOCC(COCCOCCOCC(COCCC[Si](C)(CCCOCCO)CCCOCCO)OCCC[Si](C)(CCCOCCO)CCCOCCO)OCCC[Si](C)(CCCOO)CCCOCCO. The lowest BCUT2D eigenvalue weighted by atomic mass is 10.4. The van der Waals surface area contributed by atoms with Crippen LogP contribution in [0.1, 0.15) is 77.0 Å². The maximum absolute atomic E-state index is 9.19. The zero-order chi connectivity index (χ0) is 65.4. The highest BCUT2D eigenvalue weighted by atomic mass is 28.3. The standard InChI is InChI=1S/C62H134O23Si4/c1-86(45-5-23-71-35-17-63,46-6-24-72-36-18-64)51-11-29-78-57-61(82-31-13-53-87(2,47-7-25-73-37-19-65)48-8-26-74-38-20-66)59-80-43-41-77-42-44-81-60-62(83-32-14-54-89(4,56-16-34-85-70)50-10-28-76-40-22-68)58-79-30-12-52-88(3,55-15-33-84-69)49-9-27-75-39-21-67/h61-70H,5-60H2,1-4H3. The van der Waals surface area contributed by atoms with Gasteiger partial charge in [-0.1, -0.05) is 98.7 Å². The first kappa shape index (κ1) is 88.9. The first-order valence-electron chi connectivity index (χ1n) is 34.1. The molecule has 8 N–H and O–H groups in total. The summed E-state index contributed by atoms with van der Waals surface area (Å²) in [6, 6.07) is 13.1. The van der Waals surface area contributed by atoms with Gasteiger partial charge in [-0.05, 0) is 77.0 Å². The molecule has 0 aromatic carbocycles. The van der Waals surface area contributed by atoms with E-state index in [2.05, 4.69) is 36.0 Å². The minimum Gasteiger partial charge on any atom is -0.394 e. The summed E-state index contributed by atoms with van der Waals surface area (Å²) in [6.45, 7) is 21.8. The van der Waals surface area contributed by atoms with Gasteiger partial charge in [0.05, 0.1) is 178 Å². The van der Waals surface area contributed by atoms with Gasteiger partial charge in [0.2, 0.25) is 0 Å². The van der Waals surface area contributed by atoms with E-state index < -0.39 is 32.3 Å². The molecule has 0 heterocycles. The van der Waals surface area contributed by atoms with E-state index in [1.807, 2.05) is 0 Å². The number of hydrogen-bond donors (Lipinski definition) is 8. The summed E-state index contributed by atoms with van der Waals surface area (Å²) in [7, 11) is -6.68. The second kappa shape index (κ2) is 65.2. The number of ether oxygens (including phenoxy) is 13. The molecule has 0 saturated heterocycles. The van der Waals surface area contributed by atoms with E-state index in [0.717, 1.165) is 150 Å². The molecule has 0 aliphatic carbocycles. The van der Waals surface area contributed by atoms with Crippen molar-refractivity contribution < 1.29 is 113 Å². The highest BCUT2D eigenvalue weighted by Crippen LogP contribution is 2.30. The zero-order valence-corrected chi connectivity index (χ0v) is 60.5. The molecule has 23 nitrogen and oxygen atoms in total. The van der Waals surface area contributed by atoms with Gasteiger partial charge in [0, 0.05) is 66.1 Å². The van der Waals surface area contributed by atoms with Crippen molar-refractivity contribution in [1.82, 2.24) is 0 Å². The van der Waals surface area contributed by atoms with Crippen LogP contribution < -0.4 is 0 Å². The Morgan fingerprint density at radius 2 is 0.382 bits per heavy atom. The number of aliphatic hydroxyl groups excluding tert-OH is 6. The third-order valence-corrected chi connectivity index (χ3v) is 35.2. The molecule has 4 atom stereocenters.